The summed E-state index contributed by atoms with van der Waals surface area (Å²) in [7, 11) is 0. The molecule has 2 rings (SSSR count). The van der Waals surface area contributed by atoms with Crippen molar-refractivity contribution in [3.05, 3.63) is 29.0 Å². The minimum atomic E-state index is -0.553. The van der Waals surface area contributed by atoms with Crippen LogP contribution in [0.15, 0.2) is 18.2 Å². The van der Waals surface area contributed by atoms with E-state index in [4.69, 9.17) is 16.3 Å². The summed E-state index contributed by atoms with van der Waals surface area (Å²) < 4.78 is 18.9. The highest BCUT2D eigenvalue weighted by atomic mass is 35.5. The van der Waals surface area contributed by atoms with Crippen LogP contribution in [0.5, 0.6) is 0 Å². The summed E-state index contributed by atoms with van der Waals surface area (Å²) in [6, 6.07) is 4.25. The van der Waals surface area contributed by atoms with Crippen molar-refractivity contribution in [3.63, 3.8) is 0 Å². The zero-order chi connectivity index (χ0) is 13.7. The zero-order valence-electron chi connectivity index (χ0n) is 10.4. The first kappa shape index (κ1) is 14.2. The fraction of sp³-hybridized carbons (Fsp3) is 0.462. The van der Waals surface area contributed by atoms with Gasteiger partial charge in [-0.15, -0.1) is 0 Å². The maximum absolute atomic E-state index is 13.5. The number of halogens is 2. The van der Waals surface area contributed by atoms with Crippen molar-refractivity contribution in [2.45, 2.75) is 18.9 Å². The highest BCUT2D eigenvalue weighted by molar-refractivity contribution is 6.33. The number of hydrogen-bond donors (Lipinski definition) is 2. The molecule has 19 heavy (non-hydrogen) atoms. The Bertz CT molecular complexity index is 430. The molecular weight excluding hydrogens is 271 g/mol. The fourth-order valence-electron chi connectivity index (χ4n) is 1.95. The lowest BCUT2D eigenvalue weighted by Gasteiger charge is -2.22. The molecule has 0 bridgehead atoms. The molecule has 1 saturated heterocycles. The second kappa shape index (κ2) is 6.84. The average molecular weight is 287 g/mol. The van der Waals surface area contributed by atoms with E-state index >= 15 is 0 Å². The highest BCUT2D eigenvalue weighted by Gasteiger charge is 2.16. The summed E-state index contributed by atoms with van der Waals surface area (Å²) in [5, 5.41) is 5.82. The number of carbonyl (C=O) groups is 1. The van der Waals surface area contributed by atoms with Crippen LogP contribution in [0.3, 0.4) is 0 Å². The molecule has 0 radical (unpaired) electrons. The third-order valence-electron chi connectivity index (χ3n) is 2.96. The number of piperidine rings is 1. The summed E-state index contributed by atoms with van der Waals surface area (Å²) in [5.41, 5.74) is 0.00285. The first-order valence-corrected chi connectivity index (χ1v) is 6.61. The number of rotatable bonds is 4. The van der Waals surface area contributed by atoms with Crippen molar-refractivity contribution in [1.82, 2.24) is 5.32 Å². The Morgan fingerprint density at radius 2 is 2.21 bits per heavy atom. The monoisotopic (exact) mass is 286 g/mol. The maximum atomic E-state index is 13.5. The van der Waals surface area contributed by atoms with Gasteiger partial charge in [0.2, 0.25) is 5.91 Å². The maximum Gasteiger partial charge on any atom is 0.250 e. The molecule has 1 aromatic carbocycles. The molecule has 0 atom stereocenters. The molecule has 0 unspecified atom stereocenters. The van der Waals surface area contributed by atoms with Crippen LogP contribution in [0.1, 0.15) is 12.8 Å². The Morgan fingerprint density at radius 1 is 1.47 bits per heavy atom. The first-order valence-electron chi connectivity index (χ1n) is 6.23. The van der Waals surface area contributed by atoms with E-state index in [1.807, 2.05) is 0 Å². The van der Waals surface area contributed by atoms with E-state index in [0.717, 1.165) is 25.9 Å². The topological polar surface area (TPSA) is 50.4 Å². The molecule has 2 N–H and O–H groups in total. The second-order valence-corrected chi connectivity index (χ2v) is 4.81. The van der Waals surface area contributed by atoms with Crippen LogP contribution < -0.4 is 10.6 Å². The normalized spacial score (nSPS) is 16.3. The number of benzene rings is 1. The highest BCUT2D eigenvalue weighted by Crippen LogP contribution is 2.24. The van der Waals surface area contributed by atoms with Gasteiger partial charge in [0.25, 0.3) is 0 Å². The number of carbonyl (C=O) groups excluding carboxylic acids is 1. The number of amides is 1. The van der Waals surface area contributed by atoms with Crippen molar-refractivity contribution in [2.24, 2.45) is 0 Å². The Balaban J connectivity index is 1.83. The van der Waals surface area contributed by atoms with Crippen molar-refractivity contribution >= 4 is 23.2 Å². The molecule has 4 nitrogen and oxygen atoms in total. The lowest BCUT2D eigenvalue weighted by Crippen LogP contribution is -2.34. The van der Waals surface area contributed by atoms with Gasteiger partial charge in [0, 0.05) is 0 Å². The Morgan fingerprint density at radius 3 is 2.89 bits per heavy atom. The summed E-state index contributed by atoms with van der Waals surface area (Å²) in [6.07, 6.45) is 1.85. The molecule has 0 saturated carbocycles. The van der Waals surface area contributed by atoms with Crippen LogP contribution in [0.2, 0.25) is 5.02 Å². The summed E-state index contributed by atoms with van der Waals surface area (Å²) in [6.45, 7) is 1.70. The van der Waals surface area contributed by atoms with Crippen LogP contribution in [0, 0.1) is 5.82 Å². The lowest BCUT2D eigenvalue weighted by atomic mass is 10.1. The van der Waals surface area contributed by atoms with Gasteiger partial charge in [-0.1, -0.05) is 17.7 Å². The predicted molar refractivity (Wildman–Crippen MR) is 71.9 cm³/mol. The molecule has 0 aromatic heterocycles. The van der Waals surface area contributed by atoms with Gasteiger partial charge in [-0.2, -0.15) is 0 Å². The minimum Gasteiger partial charge on any atom is -0.368 e. The van der Waals surface area contributed by atoms with Gasteiger partial charge >= 0.3 is 0 Å². The molecule has 1 aliphatic heterocycles. The van der Waals surface area contributed by atoms with Crippen LogP contribution in [0.25, 0.3) is 0 Å². The van der Waals surface area contributed by atoms with Crippen LogP contribution in [0.4, 0.5) is 10.1 Å². The Labute approximate surface area is 116 Å². The van der Waals surface area contributed by atoms with E-state index in [1.165, 1.54) is 18.2 Å². The Kier molecular flexibility index (Phi) is 5.13. The van der Waals surface area contributed by atoms with Gasteiger partial charge < -0.3 is 15.4 Å². The average Bonchev–Trinajstić information content (AvgIpc) is 2.42. The quantitative estimate of drug-likeness (QED) is 0.892. The van der Waals surface area contributed by atoms with Gasteiger partial charge in [-0.3, -0.25) is 4.79 Å². The number of nitrogens with one attached hydrogen (secondary N) is 2. The SMILES string of the molecule is O=C(COC1CCNCC1)Nc1c(F)cccc1Cl. The third kappa shape index (κ3) is 4.16. The van der Waals surface area contributed by atoms with Crippen molar-refractivity contribution in [1.29, 1.82) is 0 Å². The lowest BCUT2D eigenvalue weighted by molar-refractivity contribution is -0.123. The van der Waals surface area contributed by atoms with E-state index < -0.39 is 11.7 Å². The second-order valence-electron chi connectivity index (χ2n) is 4.41. The molecule has 6 heteroatoms. The van der Waals surface area contributed by atoms with Crippen molar-refractivity contribution in [2.75, 3.05) is 25.0 Å². The summed E-state index contributed by atoms with van der Waals surface area (Å²) >= 11 is 5.82. The van der Waals surface area contributed by atoms with Crippen LogP contribution in [-0.2, 0) is 9.53 Å². The Hall–Kier alpha value is -1.17. The molecular formula is C13H16ClFN2O2. The standard InChI is InChI=1S/C13H16ClFN2O2/c14-10-2-1-3-11(15)13(10)17-12(18)8-19-9-4-6-16-7-5-9/h1-3,9,16H,4-8H2,(H,17,18). The van der Waals surface area contributed by atoms with Gasteiger partial charge in [0.1, 0.15) is 12.4 Å². The van der Waals surface area contributed by atoms with E-state index in [0.29, 0.717) is 0 Å². The van der Waals surface area contributed by atoms with Crippen molar-refractivity contribution < 1.29 is 13.9 Å². The molecule has 1 aromatic rings. The van der Waals surface area contributed by atoms with Crippen molar-refractivity contribution in [3.8, 4) is 0 Å². The van der Waals surface area contributed by atoms with Gasteiger partial charge in [0.15, 0.2) is 0 Å². The number of hydrogen-bond acceptors (Lipinski definition) is 3. The predicted octanol–water partition coefficient (Wildman–Crippen LogP) is 2.19. The number of ether oxygens (including phenoxy) is 1. The minimum absolute atomic E-state index is 0.00285. The van der Waals surface area contributed by atoms with Gasteiger partial charge in [-0.05, 0) is 38.1 Å². The fourth-order valence-corrected chi connectivity index (χ4v) is 2.16. The van der Waals surface area contributed by atoms with Crippen LogP contribution >= 0.6 is 11.6 Å². The van der Waals surface area contributed by atoms with E-state index in [1.54, 1.807) is 0 Å². The molecule has 1 amide bonds. The molecule has 1 fully saturated rings. The van der Waals surface area contributed by atoms with Gasteiger partial charge in [-0.25, -0.2) is 4.39 Å². The third-order valence-corrected chi connectivity index (χ3v) is 3.28. The zero-order valence-corrected chi connectivity index (χ0v) is 11.2. The first-order chi connectivity index (χ1) is 9.16. The summed E-state index contributed by atoms with van der Waals surface area (Å²) in [5.74, 6) is -0.951. The molecule has 1 heterocycles. The van der Waals surface area contributed by atoms with Gasteiger partial charge in [0.05, 0.1) is 16.8 Å². The van der Waals surface area contributed by atoms with Crippen LogP contribution in [-0.4, -0.2) is 31.7 Å². The van der Waals surface area contributed by atoms with E-state index in [-0.39, 0.29) is 23.4 Å². The summed E-state index contributed by atoms with van der Waals surface area (Å²) in [4.78, 5) is 11.7. The molecule has 0 spiro atoms. The smallest absolute Gasteiger partial charge is 0.250 e. The molecule has 104 valence electrons. The molecule has 0 aliphatic carbocycles. The largest absolute Gasteiger partial charge is 0.368 e. The molecule has 1 aliphatic rings. The number of para-hydroxylation sites is 1. The van der Waals surface area contributed by atoms with E-state index in [9.17, 15) is 9.18 Å². The number of anilines is 1. The van der Waals surface area contributed by atoms with E-state index in [2.05, 4.69) is 10.6 Å².